The lowest BCUT2D eigenvalue weighted by Crippen LogP contribution is -1.84. The van der Waals surface area contributed by atoms with Gasteiger partial charge in [-0.05, 0) is 37.1 Å². The van der Waals surface area contributed by atoms with Crippen molar-refractivity contribution in [1.29, 1.82) is 0 Å². The highest BCUT2D eigenvalue weighted by atomic mass is 16.3. The number of aryl methyl sites for hydroxylation is 2. The van der Waals surface area contributed by atoms with Gasteiger partial charge in [-0.15, -0.1) is 0 Å². The molecule has 1 nitrogen and oxygen atoms in total. The van der Waals surface area contributed by atoms with Gasteiger partial charge in [-0.2, -0.15) is 0 Å². The largest absolute Gasteiger partial charge is 0.507 e. The summed E-state index contributed by atoms with van der Waals surface area (Å²) in [6.07, 6.45) is 0. The quantitative estimate of drug-likeness (QED) is 0.741. The Balaban J connectivity index is 2.64. The summed E-state index contributed by atoms with van der Waals surface area (Å²) in [5, 5.41) is 9.81. The van der Waals surface area contributed by atoms with E-state index in [2.05, 4.69) is 13.0 Å². The normalized spacial score (nSPS) is 10.3. The predicted molar refractivity (Wildman–Crippen MR) is 63.0 cm³/mol. The van der Waals surface area contributed by atoms with Crippen LogP contribution in [0.3, 0.4) is 0 Å². The third kappa shape index (κ3) is 1.86. The number of hydrogen-bond acceptors (Lipinski definition) is 1. The van der Waals surface area contributed by atoms with Crippen molar-refractivity contribution in [1.82, 2.24) is 0 Å². The van der Waals surface area contributed by atoms with E-state index < -0.39 is 0 Å². The van der Waals surface area contributed by atoms with Crippen molar-refractivity contribution in [3.63, 3.8) is 0 Å². The summed E-state index contributed by atoms with van der Waals surface area (Å²) in [6, 6.07) is 13.8. The van der Waals surface area contributed by atoms with Gasteiger partial charge in [-0.1, -0.05) is 35.9 Å². The second kappa shape index (κ2) is 3.77. The number of benzene rings is 2. The van der Waals surface area contributed by atoms with E-state index in [1.54, 1.807) is 6.07 Å². The topological polar surface area (TPSA) is 20.2 Å². The first-order valence-electron chi connectivity index (χ1n) is 5.04. The lowest BCUT2D eigenvalue weighted by atomic mass is 9.98. The zero-order valence-corrected chi connectivity index (χ0v) is 8.99. The average Bonchev–Trinajstić information content (AvgIpc) is 2.23. The van der Waals surface area contributed by atoms with Crippen LogP contribution >= 0.6 is 0 Å². The molecule has 0 heterocycles. The van der Waals surface area contributed by atoms with Crippen LogP contribution in [0.5, 0.6) is 5.75 Å². The summed E-state index contributed by atoms with van der Waals surface area (Å²) >= 11 is 0. The Bertz CT molecular complexity index is 486. The number of rotatable bonds is 1. The highest BCUT2D eigenvalue weighted by Crippen LogP contribution is 2.31. The Morgan fingerprint density at radius 3 is 2.33 bits per heavy atom. The minimum absolute atomic E-state index is 0.342. The molecule has 2 rings (SSSR count). The first kappa shape index (κ1) is 9.78. The molecule has 1 heteroatoms. The molecule has 0 saturated heterocycles. The van der Waals surface area contributed by atoms with Crippen molar-refractivity contribution in [2.45, 2.75) is 13.8 Å². The minimum Gasteiger partial charge on any atom is -0.507 e. The summed E-state index contributed by atoms with van der Waals surface area (Å²) in [4.78, 5) is 0. The van der Waals surface area contributed by atoms with Crippen LogP contribution < -0.4 is 0 Å². The molecule has 0 saturated carbocycles. The molecule has 0 fully saturated rings. The van der Waals surface area contributed by atoms with Gasteiger partial charge in [0.05, 0.1) is 0 Å². The zero-order chi connectivity index (χ0) is 10.8. The maximum absolute atomic E-state index is 9.81. The molecule has 2 aromatic rings. The second-order valence-corrected chi connectivity index (χ2v) is 3.84. The van der Waals surface area contributed by atoms with Crippen LogP contribution in [0, 0.1) is 13.8 Å². The summed E-state index contributed by atoms with van der Waals surface area (Å²) in [7, 11) is 0. The molecule has 1 N–H and O–H groups in total. The van der Waals surface area contributed by atoms with E-state index in [-0.39, 0.29) is 0 Å². The van der Waals surface area contributed by atoms with Gasteiger partial charge in [0, 0.05) is 5.56 Å². The molecule has 0 aromatic heterocycles. The van der Waals surface area contributed by atoms with Crippen molar-refractivity contribution in [2.75, 3.05) is 0 Å². The smallest absolute Gasteiger partial charge is 0.123 e. The van der Waals surface area contributed by atoms with Gasteiger partial charge in [0.15, 0.2) is 0 Å². The molecule has 0 spiro atoms. The molecule has 0 radical (unpaired) electrons. The maximum atomic E-state index is 9.81. The second-order valence-electron chi connectivity index (χ2n) is 3.84. The molecule has 15 heavy (non-hydrogen) atoms. The highest BCUT2D eigenvalue weighted by molar-refractivity contribution is 5.73. The molecular formula is C14H14O. The molecule has 0 atom stereocenters. The highest BCUT2D eigenvalue weighted by Gasteiger charge is 2.05. The summed E-state index contributed by atoms with van der Waals surface area (Å²) in [6.45, 7) is 4.08. The monoisotopic (exact) mass is 198 g/mol. The van der Waals surface area contributed by atoms with Crippen LogP contribution in [0.15, 0.2) is 42.5 Å². The summed E-state index contributed by atoms with van der Waals surface area (Å²) in [5.74, 6) is 0.342. The fourth-order valence-electron chi connectivity index (χ4n) is 1.74. The van der Waals surface area contributed by atoms with Crippen molar-refractivity contribution < 1.29 is 5.11 Å². The van der Waals surface area contributed by atoms with Gasteiger partial charge in [-0.3, -0.25) is 0 Å². The molecule has 0 unspecified atom stereocenters. The van der Waals surface area contributed by atoms with Crippen molar-refractivity contribution in [3.05, 3.63) is 53.6 Å². The van der Waals surface area contributed by atoms with Crippen LogP contribution in [0.25, 0.3) is 11.1 Å². The van der Waals surface area contributed by atoms with Crippen molar-refractivity contribution >= 4 is 0 Å². The van der Waals surface area contributed by atoms with Crippen LogP contribution in [-0.2, 0) is 0 Å². The number of phenols is 1. The molecule has 0 amide bonds. The van der Waals surface area contributed by atoms with E-state index in [9.17, 15) is 5.11 Å². The number of aromatic hydroxyl groups is 1. The Morgan fingerprint density at radius 1 is 0.867 bits per heavy atom. The van der Waals surface area contributed by atoms with Gasteiger partial charge in [0.25, 0.3) is 0 Å². The lowest BCUT2D eigenvalue weighted by Gasteiger charge is -2.08. The molecule has 2 aromatic carbocycles. The van der Waals surface area contributed by atoms with Gasteiger partial charge < -0.3 is 5.11 Å². The maximum Gasteiger partial charge on any atom is 0.123 e. The molecule has 0 aliphatic rings. The van der Waals surface area contributed by atoms with Gasteiger partial charge in [0.1, 0.15) is 5.75 Å². The minimum atomic E-state index is 0.342. The van der Waals surface area contributed by atoms with Crippen LogP contribution in [0.2, 0.25) is 0 Å². The Morgan fingerprint density at radius 2 is 1.60 bits per heavy atom. The standard InChI is InChI=1S/C14H14O/c1-10-7-8-14(15)13(9-10)12-6-4-3-5-11(12)2/h3-9,15H,1-2H3. The fraction of sp³-hybridized carbons (Fsp3) is 0.143. The van der Waals surface area contributed by atoms with E-state index in [1.807, 2.05) is 37.3 Å². The first-order valence-corrected chi connectivity index (χ1v) is 5.04. The number of phenolic OH excluding ortho intramolecular Hbond substituents is 1. The molecule has 0 bridgehead atoms. The van der Waals surface area contributed by atoms with Crippen LogP contribution in [-0.4, -0.2) is 5.11 Å². The molecule has 0 aliphatic carbocycles. The summed E-state index contributed by atoms with van der Waals surface area (Å²) in [5.41, 5.74) is 4.34. The average molecular weight is 198 g/mol. The Hall–Kier alpha value is -1.76. The third-order valence-electron chi connectivity index (χ3n) is 2.59. The molecule has 0 aliphatic heterocycles. The first-order chi connectivity index (χ1) is 7.18. The fourth-order valence-corrected chi connectivity index (χ4v) is 1.74. The van der Waals surface area contributed by atoms with Crippen molar-refractivity contribution in [2.24, 2.45) is 0 Å². The van der Waals surface area contributed by atoms with Crippen molar-refractivity contribution in [3.8, 4) is 16.9 Å². The molecule has 76 valence electrons. The van der Waals surface area contributed by atoms with Crippen LogP contribution in [0.4, 0.5) is 0 Å². The van der Waals surface area contributed by atoms with Gasteiger partial charge >= 0.3 is 0 Å². The number of hydrogen-bond donors (Lipinski definition) is 1. The Kier molecular flexibility index (Phi) is 2.46. The van der Waals surface area contributed by atoms with E-state index in [0.717, 1.165) is 16.7 Å². The van der Waals surface area contributed by atoms with Crippen LogP contribution in [0.1, 0.15) is 11.1 Å². The Labute approximate surface area is 90.0 Å². The van der Waals surface area contributed by atoms with E-state index in [1.165, 1.54) is 5.56 Å². The lowest BCUT2D eigenvalue weighted by molar-refractivity contribution is 0.477. The van der Waals surface area contributed by atoms with E-state index in [4.69, 9.17) is 0 Å². The predicted octanol–water partition coefficient (Wildman–Crippen LogP) is 3.68. The summed E-state index contributed by atoms with van der Waals surface area (Å²) < 4.78 is 0. The zero-order valence-electron chi connectivity index (χ0n) is 8.99. The van der Waals surface area contributed by atoms with Gasteiger partial charge in [-0.25, -0.2) is 0 Å². The van der Waals surface area contributed by atoms with Gasteiger partial charge in [0.2, 0.25) is 0 Å². The van der Waals surface area contributed by atoms with E-state index >= 15 is 0 Å². The third-order valence-corrected chi connectivity index (χ3v) is 2.59. The molecular weight excluding hydrogens is 184 g/mol. The SMILES string of the molecule is Cc1ccc(O)c(-c2ccccc2C)c1. The van der Waals surface area contributed by atoms with E-state index in [0.29, 0.717) is 5.75 Å².